The van der Waals surface area contributed by atoms with Gasteiger partial charge in [0.2, 0.25) is 10.0 Å². The highest BCUT2D eigenvalue weighted by Gasteiger charge is 2.13. The quantitative estimate of drug-likeness (QED) is 0.566. The van der Waals surface area contributed by atoms with Crippen LogP contribution in [-0.4, -0.2) is 28.0 Å². The van der Waals surface area contributed by atoms with E-state index in [0.717, 1.165) is 0 Å². The van der Waals surface area contributed by atoms with Gasteiger partial charge in [0.05, 0.1) is 12.9 Å². The zero-order valence-electron chi connectivity index (χ0n) is 9.34. The molecule has 0 bridgehead atoms. The van der Waals surface area contributed by atoms with E-state index in [1.165, 1.54) is 7.11 Å². The summed E-state index contributed by atoms with van der Waals surface area (Å²) in [7, 11) is -2.37. The second-order valence-corrected chi connectivity index (χ2v) is 5.21. The number of nitrogen functional groups attached to an aromatic ring is 1. The molecule has 0 aliphatic heterocycles. The fourth-order valence-electron chi connectivity index (χ4n) is 1.19. The predicted molar refractivity (Wildman–Crippen MR) is 63.5 cm³/mol. The Morgan fingerprint density at radius 3 is 2.76 bits per heavy atom. The summed E-state index contributed by atoms with van der Waals surface area (Å²) in [6.45, 7) is -0.374. The van der Waals surface area contributed by atoms with Crippen LogP contribution in [0, 0.1) is 0 Å². The SMILES string of the molecule is COC(=O)CNS(=O)(=O)Cc1cccc(N)c1. The Bertz CT molecular complexity index is 499. The average molecular weight is 258 g/mol. The van der Waals surface area contributed by atoms with E-state index in [1.807, 2.05) is 0 Å². The van der Waals surface area contributed by atoms with Crippen LogP contribution in [0.15, 0.2) is 24.3 Å². The second kappa shape index (κ2) is 5.65. The third-order valence-electron chi connectivity index (χ3n) is 1.97. The molecule has 0 saturated carbocycles. The third kappa shape index (κ3) is 4.83. The fourth-order valence-corrected chi connectivity index (χ4v) is 2.25. The standard InChI is InChI=1S/C10H14N2O4S/c1-16-10(13)6-12-17(14,15)7-8-3-2-4-9(11)5-8/h2-5,12H,6-7,11H2,1H3. The molecule has 0 amide bonds. The van der Waals surface area contributed by atoms with Crippen LogP contribution in [0.1, 0.15) is 5.56 Å². The summed E-state index contributed by atoms with van der Waals surface area (Å²) >= 11 is 0. The molecule has 1 rings (SSSR count). The predicted octanol–water partition coefficient (Wildman–Crippen LogP) is -0.139. The molecule has 6 nitrogen and oxygen atoms in total. The first-order valence-electron chi connectivity index (χ1n) is 4.81. The maximum Gasteiger partial charge on any atom is 0.320 e. The molecule has 17 heavy (non-hydrogen) atoms. The Balaban J connectivity index is 2.64. The topological polar surface area (TPSA) is 98.5 Å². The lowest BCUT2D eigenvalue weighted by atomic mass is 10.2. The second-order valence-electron chi connectivity index (χ2n) is 3.40. The highest BCUT2D eigenvalue weighted by Crippen LogP contribution is 2.09. The largest absolute Gasteiger partial charge is 0.468 e. The van der Waals surface area contributed by atoms with Crippen molar-refractivity contribution in [3.63, 3.8) is 0 Å². The maximum atomic E-state index is 11.6. The summed E-state index contributed by atoms with van der Waals surface area (Å²) < 4.78 is 29.6. The molecule has 0 spiro atoms. The molecule has 0 aromatic heterocycles. The molecule has 94 valence electrons. The van der Waals surface area contributed by atoms with Gasteiger partial charge >= 0.3 is 5.97 Å². The van der Waals surface area contributed by atoms with Crippen molar-refractivity contribution in [1.29, 1.82) is 0 Å². The van der Waals surface area contributed by atoms with Gasteiger partial charge in [-0.15, -0.1) is 0 Å². The van der Waals surface area contributed by atoms with Crippen LogP contribution in [0.2, 0.25) is 0 Å². The summed E-state index contributed by atoms with van der Waals surface area (Å²) in [6, 6.07) is 6.55. The van der Waals surface area contributed by atoms with E-state index in [2.05, 4.69) is 9.46 Å². The molecule has 0 fully saturated rings. The Hall–Kier alpha value is -1.60. The Labute approximate surface area is 99.8 Å². The van der Waals surface area contributed by atoms with Crippen molar-refractivity contribution in [2.45, 2.75) is 5.75 Å². The number of sulfonamides is 1. The number of hydrogen-bond acceptors (Lipinski definition) is 5. The van der Waals surface area contributed by atoms with Crippen molar-refractivity contribution in [3.05, 3.63) is 29.8 Å². The number of rotatable bonds is 5. The van der Waals surface area contributed by atoms with Gasteiger partial charge in [-0.3, -0.25) is 4.79 Å². The summed E-state index contributed by atoms with van der Waals surface area (Å²) in [5.74, 6) is -0.865. The zero-order valence-corrected chi connectivity index (χ0v) is 10.2. The number of ether oxygens (including phenoxy) is 1. The number of benzene rings is 1. The van der Waals surface area contributed by atoms with Crippen molar-refractivity contribution in [2.24, 2.45) is 0 Å². The molecule has 0 unspecified atom stereocenters. The number of carbonyl (C=O) groups is 1. The summed E-state index contributed by atoms with van der Waals surface area (Å²) in [4.78, 5) is 10.8. The van der Waals surface area contributed by atoms with E-state index >= 15 is 0 Å². The van der Waals surface area contributed by atoms with E-state index in [4.69, 9.17) is 5.73 Å². The summed E-state index contributed by atoms with van der Waals surface area (Å²) in [6.07, 6.45) is 0. The molecule has 0 atom stereocenters. The van der Waals surface area contributed by atoms with Gasteiger partial charge in [-0.25, -0.2) is 13.1 Å². The number of nitrogens with one attached hydrogen (secondary N) is 1. The molecular weight excluding hydrogens is 244 g/mol. The monoisotopic (exact) mass is 258 g/mol. The van der Waals surface area contributed by atoms with E-state index in [1.54, 1.807) is 24.3 Å². The van der Waals surface area contributed by atoms with Crippen molar-refractivity contribution in [3.8, 4) is 0 Å². The zero-order chi connectivity index (χ0) is 12.9. The van der Waals surface area contributed by atoms with Crippen LogP contribution in [-0.2, 0) is 25.3 Å². The molecule has 0 saturated heterocycles. The van der Waals surface area contributed by atoms with Crippen LogP contribution in [0.25, 0.3) is 0 Å². The molecule has 0 aliphatic carbocycles. The number of hydrogen-bond donors (Lipinski definition) is 2. The molecule has 0 aliphatic rings. The van der Waals surface area contributed by atoms with Crippen molar-refractivity contribution >= 4 is 21.7 Å². The average Bonchev–Trinajstić information content (AvgIpc) is 2.25. The molecule has 1 aromatic carbocycles. The molecule has 7 heteroatoms. The molecule has 3 N–H and O–H groups in total. The van der Waals surface area contributed by atoms with E-state index < -0.39 is 16.0 Å². The van der Waals surface area contributed by atoms with Crippen molar-refractivity contribution < 1.29 is 17.9 Å². The normalized spacial score (nSPS) is 11.1. The van der Waals surface area contributed by atoms with Gasteiger partial charge in [-0.1, -0.05) is 12.1 Å². The van der Waals surface area contributed by atoms with E-state index in [-0.39, 0.29) is 12.3 Å². The lowest BCUT2D eigenvalue weighted by Crippen LogP contribution is -2.31. The first-order valence-corrected chi connectivity index (χ1v) is 6.47. The molecule has 0 radical (unpaired) electrons. The van der Waals surface area contributed by atoms with Crippen LogP contribution in [0.5, 0.6) is 0 Å². The highest BCUT2D eigenvalue weighted by atomic mass is 32.2. The smallest absolute Gasteiger partial charge is 0.320 e. The van der Waals surface area contributed by atoms with Gasteiger partial charge in [0.25, 0.3) is 0 Å². The van der Waals surface area contributed by atoms with Gasteiger partial charge in [0.1, 0.15) is 6.54 Å². The number of anilines is 1. The van der Waals surface area contributed by atoms with Crippen LogP contribution < -0.4 is 10.5 Å². The molecule has 1 aromatic rings. The first kappa shape index (κ1) is 13.5. The number of esters is 1. The minimum absolute atomic E-state index is 0.227. The van der Waals surface area contributed by atoms with Crippen molar-refractivity contribution in [1.82, 2.24) is 4.72 Å². The molecular formula is C10H14N2O4S. The summed E-state index contributed by atoms with van der Waals surface area (Å²) in [5.41, 5.74) is 6.58. The van der Waals surface area contributed by atoms with Crippen LogP contribution in [0.3, 0.4) is 0 Å². The van der Waals surface area contributed by atoms with Crippen LogP contribution in [0.4, 0.5) is 5.69 Å². The highest BCUT2D eigenvalue weighted by molar-refractivity contribution is 7.88. The van der Waals surface area contributed by atoms with Gasteiger partial charge in [-0.05, 0) is 17.7 Å². The lowest BCUT2D eigenvalue weighted by molar-refractivity contribution is -0.139. The lowest BCUT2D eigenvalue weighted by Gasteiger charge is -2.06. The van der Waals surface area contributed by atoms with Crippen LogP contribution >= 0.6 is 0 Å². The minimum Gasteiger partial charge on any atom is -0.468 e. The number of nitrogens with two attached hydrogens (primary N) is 1. The van der Waals surface area contributed by atoms with Gasteiger partial charge in [0, 0.05) is 5.69 Å². The first-order chi connectivity index (χ1) is 7.93. The Kier molecular flexibility index (Phi) is 4.47. The maximum absolute atomic E-state index is 11.6. The summed E-state index contributed by atoms with van der Waals surface area (Å²) in [5, 5.41) is 0. The fraction of sp³-hybridized carbons (Fsp3) is 0.300. The van der Waals surface area contributed by atoms with E-state index in [0.29, 0.717) is 11.3 Å². The molecule has 0 heterocycles. The minimum atomic E-state index is -3.56. The number of methoxy groups -OCH3 is 1. The Morgan fingerprint density at radius 1 is 1.47 bits per heavy atom. The van der Waals surface area contributed by atoms with E-state index in [9.17, 15) is 13.2 Å². The van der Waals surface area contributed by atoms with Gasteiger partial charge < -0.3 is 10.5 Å². The third-order valence-corrected chi connectivity index (χ3v) is 3.27. The number of carbonyl (C=O) groups excluding carboxylic acids is 1. The Morgan fingerprint density at radius 2 is 2.18 bits per heavy atom. The van der Waals surface area contributed by atoms with Gasteiger partial charge in [0.15, 0.2) is 0 Å². The van der Waals surface area contributed by atoms with Gasteiger partial charge in [-0.2, -0.15) is 0 Å². The van der Waals surface area contributed by atoms with Crippen molar-refractivity contribution in [2.75, 3.05) is 19.4 Å².